The molecular weight excluding hydrogens is 310 g/mol. The molecule has 1 amide bonds. The van der Waals surface area contributed by atoms with Crippen LogP contribution in [0.4, 0.5) is 5.82 Å². The van der Waals surface area contributed by atoms with Gasteiger partial charge in [-0.1, -0.05) is 17.8 Å². The fraction of sp³-hybridized carbons (Fsp3) is 0.188. The van der Waals surface area contributed by atoms with E-state index in [0.717, 1.165) is 16.5 Å². The van der Waals surface area contributed by atoms with E-state index < -0.39 is 0 Å². The Labute approximate surface area is 138 Å². The number of carbonyl (C=O) groups is 1. The molecule has 2 heterocycles. The highest BCUT2D eigenvalue weighted by molar-refractivity contribution is 7.98. The van der Waals surface area contributed by atoms with Gasteiger partial charge in [-0.25, -0.2) is 4.98 Å². The van der Waals surface area contributed by atoms with Crippen LogP contribution in [0, 0.1) is 6.92 Å². The van der Waals surface area contributed by atoms with Gasteiger partial charge in [-0.05, 0) is 30.2 Å². The first-order valence-electron chi connectivity index (χ1n) is 7.15. The molecule has 0 unspecified atom stereocenters. The minimum atomic E-state index is -0.115. The lowest BCUT2D eigenvalue weighted by Gasteiger charge is -2.08. The van der Waals surface area contributed by atoms with Gasteiger partial charge in [0.2, 0.25) is 5.91 Å². The largest absolute Gasteiger partial charge is 0.311 e. The highest BCUT2D eigenvalue weighted by Crippen LogP contribution is 2.25. The zero-order valence-electron chi connectivity index (χ0n) is 12.9. The minimum Gasteiger partial charge on any atom is -0.311 e. The summed E-state index contributed by atoms with van der Waals surface area (Å²) in [6, 6.07) is 8.18. The van der Waals surface area contributed by atoms with Gasteiger partial charge in [0.15, 0.2) is 0 Å². The molecular formula is C16H17N5OS. The number of thioether (sulfide) groups is 1. The van der Waals surface area contributed by atoms with Gasteiger partial charge in [0.05, 0.1) is 6.33 Å². The molecule has 2 N–H and O–H groups in total. The first-order valence-corrected chi connectivity index (χ1v) is 8.14. The van der Waals surface area contributed by atoms with Crippen molar-refractivity contribution in [2.75, 3.05) is 5.32 Å². The summed E-state index contributed by atoms with van der Waals surface area (Å²) in [5.41, 5.74) is 3.57. The van der Waals surface area contributed by atoms with E-state index in [2.05, 4.69) is 45.6 Å². The zero-order valence-corrected chi connectivity index (χ0v) is 13.7. The van der Waals surface area contributed by atoms with Crippen molar-refractivity contribution in [1.82, 2.24) is 19.7 Å². The van der Waals surface area contributed by atoms with E-state index in [9.17, 15) is 4.79 Å². The van der Waals surface area contributed by atoms with Crippen molar-refractivity contribution in [3.8, 4) is 5.69 Å². The van der Waals surface area contributed by atoms with E-state index in [1.807, 2.05) is 16.8 Å². The molecule has 0 spiro atoms. The number of anilines is 1. The van der Waals surface area contributed by atoms with Crippen LogP contribution in [0.5, 0.6) is 0 Å². The molecule has 1 aromatic carbocycles. The van der Waals surface area contributed by atoms with Gasteiger partial charge in [-0.3, -0.25) is 9.89 Å². The second-order valence-corrected chi connectivity index (χ2v) is 6.17. The molecule has 0 aliphatic heterocycles. The molecule has 0 saturated carbocycles. The number of H-pyrrole nitrogens is 1. The molecule has 0 saturated heterocycles. The fourth-order valence-corrected chi connectivity index (χ4v) is 3.14. The molecule has 0 aliphatic carbocycles. The Balaban J connectivity index is 1.66. The monoisotopic (exact) mass is 327 g/mol. The summed E-state index contributed by atoms with van der Waals surface area (Å²) < 4.78 is 1.98. The Morgan fingerprint density at radius 1 is 1.39 bits per heavy atom. The lowest BCUT2D eigenvalue weighted by Crippen LogP contribution is -2.05. The Bertz CT molecular complexity index is 810. The number of benzene rings is 1. The third kappa shape index (κ3) is 3.81. The molecule has 0 aliphatic rings. The van der Waals surface area contributed by atoms with Gasteiger partial charge in [0.25, 0.3) is 0 Å². The molecule has 7 heteroatoms. The van der Waals surface area contributed by atoms with Crippen LogP contribution in [-0.2, 0) is 10.5 Å². The van der Waals surface area contributed by atoms with Gasteiger partial charge in [-0.15, -0.1) is 0 Å². The summed E-state index contributed by atoms with van der Waals surface area (Å²) in [4.78, 5) is 15.1. The van der Waals surface area contributed by atoms with E-state index in [4.69, 9.17) is 0 Å². The molecule has 6 nitrogen and oxygen atoms in total. The lowest BCUT2D eigenvalue weighted by molar-refractivity contribution is -0.114. The van der Waals surface area contributed by atoms with Crippen LogP contribution >= 0.6 is 11.8 Å². The second-order valence-electron chi connectivity index (χ2n) is 5.17. The smallest absolute Gasteiger partial charge is 0.222 e. The number of amides is 1. The van der Waals surface area contributed by atoms with Crippen molar-refractivity contribution >= 4 is 23.5 Å². The summed E-state index contributed by atoms with van der Waals surface area (Å²) in [6.45, 7) is 3.57. The van der Waals surface area contributed by atoms with Crippen molar-refractivity contribution in [3.05, 3.63) is 54.1 Å². The SMILES string of the molecule is CC(=O)Nc1cc(SCc2ccc(-n3ccnc3)cc2C)n[nH]1. The van der Waals surface area contributed by atoms with Crippen LogP contribution in [0.15, 0.2) is 48.0 Å². The average molecular weight is 327 g/mol. The molecule has 3 aromatic rings. The molecule has 0 bridgehead atoms. The lowest BCUT2D eigenvalue weighted by atomic mass is 10.1. The van der Waals surface area contributed by atoms with E-state index in [1.54, 1.807) is 24.3 Å². The van der Waals surface area contributed by atoms with E-state index >= 15 is 0 Å². The fourth-order valence-electron chi connectivity index (χ4n) is 2.20. The van der Waals surface area contributed by atoms with Gasteiger partial charge in [0.1, 0.15) is 10.8 Å². The predicted molar refractivity (Wildman–Crippen MR) is 90.8 cm³/mol. The van der Waals surface area contributed by atoms with Crippen molar-refractivity contribution in [3.63, 3.8) is 0 Å². The van der Waals surface area contributed by atoms with Crippen LogP contribution in [0.3, 0.4) is 0 Å². The Morgan fingerprint density at radius 3 is 2.96 bits per heavy atom. The van der Waals surface area contributed by atoms with E-state index in [0.29, 0.717) is 5.82 Å². The summed E-state index contributed by atoms with van der Waals surface area (Å²) >= 11 is 1.63. The predicted octanol–water partition coefficient (Wildman–Crippen LogP) is 3.15. The third-order valence-corrected chi connectivity index (χ3v) is 4.33. The Morgan fingerprint density at radius 2 is 2.26 bits per heavy atom. The highest BCUT2D eigenvalue weighted by atomic mass is 32.2. The Hall–Kier alpha value is -2.54. The van der Waals surface area contributed by atoms with Gasteiger partial charge < -0.3 is 9.88 Å². The number of nitrogens with zero attached hydrogens (tertiary/aromatic N) is 3. The number of rotatable bonds is 5. The standard InChI is InChI=1S/C16H17N5OS/c1-11-7-14(21-6-5-17-10-21)4-3-13(11)9-23-16-8-15(19-20-16)18-12(2)22/h3-8,10H,9H2,1-2H3,(H2,18,19,20,22). The van der Waals surface area contributed by atoms with Crippen molar-refractivity contribution in [2.24, 2.45) is 0 Å². The van der Waals surface area contributed by atoms with Crippen molar-refractivity contribution in [2.45, 2.75) is 24.6 Å². The number of hydrogen-bond donors (Lipinski definition) is 2. The number of aromatic amines is 1. The van der Waals surface area contributed by atoms with Gasteiger partial charge >= 0.3 is 0 Å². The van der Waals surface area contributed by atoms with Crippen LogP contribution in [0.1, 0.15) is 18.1 Å². The number of carbonyl (C=O) groups excluding carboxylic acids is 1. The molecule has 0 fully saturated rings. The average Bonchev–Trinajstić information content (AvgIpc) is 3.17. The van der Waals surface area contributed by atoms with Gasteiger partial charge in [-0.2, -0.15) is 5.10 Å². The van der Waals surface area contributed by atoms with Crippen LogP contribution < -0.4 is 5.32 Å². The maximum absolute atomic E-state index is 11.0. The maximum Gasteiger partial charge on any atom is 0.222 e. The summed E-state index contributed by atoms with van der Waals surface area (Å²) in [5.74, 6) is 1.32. The molecule has 0 radical (unpaired) electrons. The summed E-state index contributed by atoms with van der Waals surface area (Å²) in [7, 11) is 0. The molecule has 3 rings (SSSR count). The van der Waals surface area contributed by atoms with Crippen LogP contribution in [0.25, 0.3) is 5.69 Å². The molecule has 0 atom stereocenters. The molecule has 23 heavy (non-hydrogen) atoms. The molecule has 118 valence electrons. The number of nitrogens with one attached hydrogen (secondary N) is 2. The highest BCUT2D eigenvalue weighted by Gasteiger charge is 2.06. The van der Waals surface area contributed by atoms with Crippen molar-refractivity contribution < 1.29 is 4.79 Å². The van der Waals surface area contributed by atoms with Crippen molar-refractivity contribution in [1.29, 1.82) is 0 Å². The maximum atomic E-state index is 11.0. The van der Waals surface area contributed by atoms with Gasteiger partial charge in [0, 0.05) is 36.8 Å². The zero-order chi connectivity index (χ0) is 16.2. The van der Waals surface area contributed by atoms with E-state index in [-0.39, 0.29) is 5.91 Å². The summed E-state index contributed by atoms with van der Waals surface area (Å²) in [5, 5.41) is 10.5. The van der Waals surface area contributed by atoms with Crippen LogP contribution in [-0.4, -0.2) is 25.7 Å². The Kier molecular flexibility index (Phi) is 4.47. The first kappa shape index (κ1) is 15.4. The first-order chi connectivity index (χ1) is 11.1. The third-order valence-electron chi connectivity index (χ3n) is 3.37. The number of aryl methyl sites for hydroxylation is 1. The summed E-state index contributed by atoms with van der Waals surface area (Å²) in [6.07, 6.45) is 5.48. The second kappa shape index (κ2) is 6.70. The number of imidazole rings is 1. The topological polar surface area (TPSA) is 75.6 Å². The quantitative estimate of drug-likeness (QED) is 0.706. The normalized spacial score (nSPS) is 10.7. The number of hydrogen-bond acceptors (Lipinski definition) is 4. The molecule has 2 aromatic heterocycles. The van der Waals surface area contributed by atoms with Crippen LogP contribution in [0.2, 0.25) is 0 Å². The van der Waals surface area contributed by atoms with E-state index in [1.165, 1.54) is 18.1 Å². The minimum absolute atomic E-state index is 0.115. The number of aromatic nitrogens is 4.